The van der Waals surface area contributed by atoms with Gasteiger partial charge < -0.3 is 20.3 Å². The van der Waals surface area contributed by atoms with Gasteiger partial charge in [0, 0.05) is 31.7 Å². The average molecular weight is 517 g/mol. The van der Waals surface area contributed by atoms with E-state index in [4.69, 9.17) is 16.3 Å². The smallest absolute Gasteiger partial charge is 0.191 e. The summed E-state index contributed by atoms with van der Waals surface area (Å²) < 4.78 is 5.18. The van der Waals surface area contributed by atoms with Crippen molar-refractivity contribution in [2.45, 2.75) is 19.5 Å². The first kappa shape index (κ1) is 24.5. The number of hydrogen-bond donors (Lipinski definition) is 2. The van der Waals surface area contributed by atoms with Crippen molar-refractivity contribution in [3.8, 4) is 5.75 Å². The highest BCUT2D eigenvalue weighted by atomic mass is 127. The number of halogens is 2. The molecule has 28 heavy (non-hydrogen) atoms. The minimum Gasteiger partial charge on any atom is -0.497 e. The van der Waals surface area contributed by atoms with E-state index >= 15 is 0 Å². The summed E-state index contributed by atoms with van der Waals surface area (Å²) in [6, 6.07) is 14.3. The maximum absolute atomic E-state index is 6.29. The van der Waals surface area contributed by atoms with Gasteiger partial charge in [-0.05, 0) is 49.3 Å². The first-order valence-corrected chi connectivity index (χ1v) is 9.39. The van der Waals surface area contributed by atoms with Crippen LogP contribution in [-0.4, -0.2) is 45.7 Å². The molecule has 0 heterocycles. The number of aliphatic imine (C=N–C) groups is 1. The van der Waals surface area contributed by atoms with E-state index in [1.54, 1.807) is 14.2 Å². The average Bonchev–Trinajstić information content (AvgIpc) is 2.65. The fourth-order valence-electron chi connectivity index (χ4n) is 2.78. The maximum Gasteiger partial charge on any atom is 0.191 e. The number of guanidine groups is 1. The molecule has 0 fully saturated rings. The van der Waals surface area contributed by atoms with Crippen LogP contribution in [-0.2, 0) is 19.5 Å². The van der Waals surface area contributed by atoms with Crippen LogP contribution in [0.4, 0.5) is 0 Å². The van der Waals surface area contributed by atoms with Crippen LogP contribution >= 0.6 is 35.6 Å². The molecule has 2 aromatic rings. The van der Waals surface area contributed by atoms with E-state index < -0.39 is 0 Å². The van der Waals surface area contributed by atoms with Crippen LogP contribution in [0.15, 0.2) is 47.5 Å². The lowest BCUT2D eigenvalue weighted by molar-refractivity contribution is 0.402. The quantitative estimate of drug-likeness (QED) is 0.317. The maximum atomic E-state index is 6.29. The summed E-state index contributed by atoms with van der Waals surface area (Å²) in [7, 11) is 7.56. The van der Waals surface area contributed by atoms with Crippen LogP contribution in [0.3, 0.4) is 0 Å². The first-order valence-electron chi connectivity index (χ1n) is 9.01. The largest absolute Gasteiger partial charge is 0.497 e. The molecule has 2 aromatic carbocycles. The summed E-state index contributed by atoms with van der Waals surface area (Å²) in [6.45, 7) is 2.40. The molecule has 154 valence electrons. The summed E-state index contributed by atoms with van der Waals surface area (Å²) in [6.07, 6.45) is 0.807. The van der Waals surface area contributed by atoms with Gasteiger partial charge >= 0.3 is 0 Å². The van der Waals surface area contributed by atoms with Crippen LogP contribution in [0.25, 0.3) is 0 Å². The second-order valence-electron chi connectivity index (χ2n) is 6.62. The summed E-state index contributed by atoms with van der Waals surface area (Å²) in [5.74, 6) is 1.54. The van der Waals surface area contributed by atoms with Gasteiger partial charge in [-0.1, -0.05) is 41.9 Å². The molecule has 0 spiro atoms. The Labute approximate surface area is 190 Å². The highest BCUT2D eigenvalue weighted by Crippen LogP contribution is 2.22. The molecular formula is C21H30ClIN4O. The predicted octanol–water partition coefficient (Wildman–Crippen LogP) is 3.94. The molecule has 0 radical (unpaired) electrons. The molecule has 0 aromatic heterocycles. The minimum atomic E-state index is 0. The fraction of sp³-hybridized carbons (Fsp3) is 0.381. The van der Waals surface area contributed by atoms with Crippen LogP contribution in [0.1, 0.15) is 16.7 Å². The Kier molecular flexibility index (Phi) is 11.3. The van der Waals surface area contributed by atoms with Gasteiger partial charge in [-0.2, -0.15) is 0 Å². The standard InChI is InChI=1S/C21H29ClN4O.HI/c1-23-21(24-11-10-18-8-9-19(27-4)13-20(18)22)25-14-16-6-5-7-17(12-16)15-26(2)3;/h5-9,12-13H,10-11,14-15H2,1-4H3,(H2,23,24,25);1H. The van der Waals surface area contributed by atoms with Crippen molar-refractivity contribution in [2.75, 3.05) is 34.8 Å². The van der Waals surface area contributed by atoms with Crippen molar-refractivity contribution >= 4 is 41.5 Å². The molecule has 0 atom stereocenters. The number of nitrogens with one attached hydrogen (secondary N) is 2. The molecule has 0 saturated heterocycles. The minimum absolute atomic E-state index is 0. The number of benzene rings is 2. The van der Waals surface area contributed by atoms with E-state index in [-0.39, 0.29) is 24.0 Å². The number of rotatable bonds is 8. The Hall–Kier alpha value is -1.51. The predicted molar refractivity (Wildman–Crippen MR) is 129 cm³/mol. The Morgan fingerprint density at radius 2 is 1.86 bits per heavy atom. The van der Waals surface area contributed by atoms with Crippen LogP contribution < -0.4 is 15.4 Å². The van der Waals surface area contributed by atoms with Crippen molar-refractivity contribution in [1.82, 2.24) is 15.5 Å². The molecule has 7 heteroatoms. The van der Waals surface area contributed by atoms with E-state index in [1.807, 2.05) is 18.2 Å². The van der Waals surface area contributed by atoms with Crippen LogP contribution in [0, 0.1) is 0 Å². The van der Waals surface area contributed by atoms with Gasteiger partial charge in [0.25, 0.3) is 0 Å². The molecule has 2 rings (SSSR count). The Morgan fingerprint density at radius 3 is 2.50 bits per heavy atom. The van der Waals surface area contributed by atoms with E-state index in [1.165, 1.54) is 11.1 Å². The summed E-state index contributed by atoms with van der Waals surface area (Å²) >= 11 is 6.29. The number of methoxy groups -OCH3 is 1. The van der Waals surface area contributed by atoms with Crippen molar-refractivity contribution in [1.29, 1.82) is 0 Å². The third-order valence-corrected chi connectivity index (χ3v) is 4.47. The van der Waals surface area contributed by atoms with Crippen LogP contribution in [0.5, 0.6) is 5.75 Å². The lowest BCUT2D eigenvalue weighted by Crippen LogP contribution is -2.37. The van der Waals surface area contributed by atoms with Crippen LogP contribution in [0.2, 0.25) is 5.02 Å². The molecule has 0 aliphatic carbocycles. The molecule has 0 aliphatic heterocycles. The van der Waals surface area contributed by atoms with E-state index in [0.717, 1.165) is 48.4 Å². The highest BCUT2D eigenvalue weighted by Gasteiger charge is 2.04. The van der Waals surface area contributed by atoms with Gasteiger partial charge in [-0.3, -0.25) is 4.99 Å². The Balaban J connectivity index is 0.00000392. The molecule has 5 nitrogen and oxygen atoms in total. The summed E-state index contributed by atoms with van der Waals surface area (Å²) in [5.41, 5.74) is 3.61. The summed E-state index contributed by atoms with van der Waals surface area (Å²) in [4.78, 5) is 6.45. The van der Waals surface area contributed by atoms with Crippen molar-refractivity contribution < 1.29 is 4.74 Å². The van der Waals surface area contributed by atoms with Gasteiger partial charge in [0.15, 0.2) is 5.96 Å². The zero-order chi connectivity index (χ0) is 19.6. The number of nitrogens with zero attached hydrogens (tertiary/aromatic N) is 2. The van der Waals surface area contributed by atoms with Crippen molar-refractivity contribution in [2.24, 2.45) is 4.99 Å². The number of hydrogen-bond acceptors (Lipinski definition) is 3. The van der Waals surface area contributed by atoms with E-state index in [0.29, 0.717) is 0 Å². The molecule has 0 unspecified atom stereocenters. The molecule has 0 amide bonds. The second-order valence-corrected chi connectivity index (χ2v) is 7.02. The fourth-order valence-corrected chi connectivity index (χ4v) is 3.05. The molecule has 0 bridgehead atoms. The van der Waals surface area contributed by atoms with Gasteiger partial charge in [-0.15, -0.1) is 24.0 Å². The van der Waals surface area contributed by atoms with E-state index in [9.17, 15) is 0 Å². The normalized spacial score (nSPS) is 11.1. The molecule has 0 saturated carbocycles. The SMILES string of the molecule is CN=C(NCCc1ccc(OC)cc1Cl)NCc1cccc(CN(C)C)c1.I. The molecule has 2 N–H and O–H groups in total. The van der Waals surface area contributed by atoms with Gasteiger partial charge in [-0.25, -0.2) is 0 Å². The first-order chi connectivity index (χ1) is 13.0. The topological polar surface area (TPSA) is 48.9 Å². The third kappa shape index (κ3) is 8.24. The molecular weight excluding hydrogens is 487 g/mol. The Bertz CT molecular complexity index is 768. The van der Waals surface area contributed by atoms with Crippen molar-refractivity contribution in [3.63, 3.8) is 0 Å². The highest BCUT2D eigenvalue weighted by molar-refractivity contribution is 14.0. The zero-order valence-corrected chi connectivity index (χ0v) is 20.0. The number of ether oxygens (including phenoxy) is 1. The monoisotopic (exact) mass is 516 g/mol. The third-order valence-electron chi connectivity index (χ3n) is 4.12. The van der Waals surface area contributed by atoms with Crippen molar-refractivity contribution in [3.05, 3.63) is 64.2 Å². The lowest BCUT2D eigenvalue weighted by Gasteiger charge is -2.14. The lowest BCUT2D eigenvalue weighted by atomic mass is 10.1. The van der Waals surface area contributed by atoms with E-state index in [2.05, 4.69) is 58.9 Å². The molecule has 0 aliphatic rings. The zero-order valence-electron chi connectivity index (χ0n) is 17.0. The Morgan fingerprint density at radius 1 is 1.11 bits per heavy atom. The second kappa shape index (κ2) is 12.9. The van der Waals surface area contributed by atoms with Gasteiger partial charge in [0.2, 0.25) is 0 Å². The van der Waals surface area contributed by atoms with Gasteiger partial charge in [0.1, 0.15) is 5.75 Å². The van der Waals surface area contributed by atoms with Gasteiger partial charge in [0.05, 0.1) is 7.11 Å². The summed E-state index contributed by atoms with van der Waals surface area (Å²) in [5, 5.41) is 7.41.